The van der Waals surface area contributed by atoms with Crippen molar-refractivity contribution in [2.45, 2.75) is 26.4 Å². The lowest BCUT2D eigenvalue weighted by Crippen LogP contribution is -2.45. The SMILES string of the molecule is COC(=O)C(NC(=O)c1cc2sccc2n1Cc1ccccc1F)C(C)C. The lowest BCUT2D eigenvalue weighted by Gasteiger charge is -2.20. The molecule has 0 aliphatic carbocycles. The van der Waals surface area contributed by atoms with Gasteiger partial charge in [0.05, 0.1) is 23.9 Å². The van der Waals surface area contributed by atoms with E-state index in [9.17, 15) is 14.0 Å². The number of rotatable bonds is 6. The van der Waals surface area contributed by atoms with Gasteiger partial charge in [-0.3, -0.25) is 4.79 Å². The Morgan fingerprint density at radius 1 is 1.26 bits per heavy atom. The maximum atomic E-state index is 14.1. The Morgan fingerprint density at radius 3 is 2.67 bits per heavy atom. The van der Waals surface area contributed by atoms with Crippen LogP contribution in [0, 0.1) is 11.7 Å². The van der Waals surface area contributed by atoms with Crippen molar-refractivity contribution in [1.29, 1.82) is 0 Å². The molecule has 0 aliphatic rings. The number of halogens is 1. The third kappa shape index (κ3) is 3.88. The number of aromatic nitrogens is 1. The number of methoxy groups -OCH3 is 1. The molecule has 0 aliphatic heterocycles. The molecular weight excluding hydrogens is 367 g/mol. The molecule has 1 N–H and O–H groups in total. The minimum absolute atomic E-state index is 0.127. The molecule has 3 aromatic rings. The molecule has 0 bridgehead atoms. The Morgan fingerprint density at radius 2 is 2.00 bits per heavy atom. The molecule has 3 rings (SSSR count). The highest BCUT2D eigenvalue weighted by atomic mass is 32.1. The number of esters is 1. The average Bonchev–Trinajstić information content (AvgIpc) is 3.23. The number of nitrogens with zero attached hydrogens (tertiary/aromatic N) is 1. The van der Waals surface area contributed by atoms with Gasteiger partial charge in [-0.2, -0.15) is 0 Å². The molecule has 1 unspecified atom stereocenters. The van der Waals surface area contributed by atoms with Crippen LogP contribution in [0.3, 0.4) is 0 Å². The van der Waals surface area contributed by atoms with Gasteiger partial charge in [0.15, 0.2) is 0 Å². The van der Waals surface area contributed by atoms with Crippen molar-refractivity contribution in [3.05, 3.63) is 58.9 Å². The number of nitrogens with one attached hydrogen (secondary N) is 1. The van der Waals surface area contributed by atoms with Crippen molar-refractivity contribution in [1.82, 2.24) is 9.88 Å². The summed E-state index contributed by atoms with van der Waals surface area (Å²) in [6, 6.07) is 9.40. The Kier molecular flexibility index (Phi) is 5.60. The van der Waals surface area contributed by atoms with Gasteiger partial charge in [-0.25, -0.2) is 9.18 Å². The van der Waals surface area contributed by atoms with Crippen molar-refractivity contribution < 1.29 is 18.7 Å². The molecule has 1 aromatic carbocycles. The van der Waals surface area contributed by atoms with Gasteiger partial charge in [-0.1, -0.05) is 32.0 Å². The van der Waals surface area contributed by atoms with Gasteiger partial charge in [0.2, 0.25) is 0 Å². The van der Waals surface area contributed by atoms with Crippen LogP contribution in [0.4, 0.5) is 4.39 Å². The highest BCUT2D eigenvalue weighted by molar-refractivity contribution is 7.17. The first kappa shape index (κ1) is 19.1. The molecule has 2 aromatic heterocycles. The average molecular weight is 388 g/mol. The number of hydrogen-bond donors (Lipinski definition) is 1. The zero-order valence-corrected chi connectivity index (χ0v) is 16.2. The van der Waals surface area contributed by atoms with Crippen LogP contribution >= 0.6 is 11.3 Å². The van der Waals surface area contributed by atoms with E-state index < -0.39 is 12.0 Å². The first-order valence-electron chi connectivity index (χ1n) is 8.61. The third-order valence-electron chi connectivity index (χ3n) is 4.45. The van der Waals surface area contributed by atoms with E-state index in [2.05, 4.69) is 5.32 Å². The van der Waals surface area contributed by atoms with Crippen LogP contribution in [0.25, 0.3) is 10.2 Å². The molecule has 0 saturated heterocycles. The Bertz CT molecular complexity index is 977. The Hall–Kier alpha value is -2.67. The van der Waals surface area contributed by atoms with Crippen LogP contribution in [0.5, 0.6) is 0 Å². The van der Waals surface area contributed by atoms with Gasteiger partial charge in [0, 0.05) is 5.56 Å². The van der Waals surface area contributed by atoms with E-state index in [1.165, 1.54) is 24.5 Å². The zero-order valence-electron chi connectivity index (χ0n) is 15.4. The van der Waals surface area contributed by atoms with Crippen molar-refractivity contribution in [2.75, 3.05) is 7.11 Å². The van der Waals surface area contributed by atoms with Gasteiger partial charge in [0.1, 0.15) is 17.6 Å². The lowest BCUT2D eigenvalue weighted by molar-refractivity contribution is -0.144. The molecule has 1 amide bonds. The smallest absolute Gasteiger partial charge is 0.328 e. The van der Waals surface area contributed by atoms with E-state index in [1.807, 2.05) is 25.3 Å². The predicted octanol–water partition coefficient (Wildman–Crippen LogP) is 3.82. The maximum Gasteiger partial charge on any atom is 0.328 e. The number of ether oxygens (including phenoxy) is 1. The van der Waals surface area contributed by atoms with Crippen LogP contribution in [0.15, 0.2) is 41.8 Å². The second kappa shape index (κ2) is 7.92. The van der Waals surface area contributed by atoms with E-state index in [1.54, 1.807) is 28.8 Å². The summed E-state index contributed by atoms with van der Waals surface area (Å²) < 4.78 is 21.6. The van der Waals surface area contributed by atoms with Crippen LogP contribution < -0.4 is 5.32 Å². The van der Waals surface area contributed by atoms with Gasteiger partial charge in [-0.15, -0.1) is 11.3 Å². The van der Waals surface area contributed by atoms with E-state index in [4.69, 9.17) is 4.74 Å². The van der Waals surface area contributed by atoms with Crippen LogP contribution in [-0.2, 0) is 16.1 Å². The second-order valence-corrected chi connectivity index (χ2v) is 7.54. The molecule has 142 valence electrons. The van der Waals surface area contributed by atoms with E-state index in [0.717, 1.165) is 10.2 Å². The highest BCUT2D eigenvalue weighted by Gasteiger charge is 2.27. The summed E-state index contributed by atoms with van der Waals surface area (Å²) in [5.74, 6) is -1.33. The van der Waals surface area contributed by atoms with E-state index in [-0.39, 0.29) is 24.2 Å². The molecule has 7 heteroatoms. The Labute approximate surface area is 160 Å². The van der Waals surface area contributed by atoms with E-state index >= 15 is 0 Å². The predicted molar refractivity (Wildman–Crippen MR) is 103 cm³/mol. The minimum atomic E-state index is -0.752. The van der Waals surface area contributed by atoms with Crippen LogP contribution in [-0.4, -0.2) is 29.6 Å². The van der Waals surface area contributed by atoms with Gasteiger partial charge >= 0.3 is 5.97 Å². The number of amides is 1. The maximum absolute atomic E-state index is 14.1. The lowest BCUT2D eigenvalue weighted by atomic mass is 10.0. The summed E-state index contributed by atoms with van der Waals surface area (Å²) in [6.45, 7) is 3.89. The summed E-state index contributed by atoms with van der Waals surface area (Å²) in [6.07, 6.45) is 0. The summed E-state index contributed by atoms with van der Waals surface area (Å²) >= 11 is 1.50. The van der Waals surface area contributed by atoms with Crippen molar-refractivity contribution in [3.8, 4) is 0 Å². The Balaban J connectivity index is 1.96. The number of thiophene rings is 1. The number of fused-ring (bicyclic) bond motifs is 1. The molecule has 0 spiro atoms. The van der Waals surface area contributed by atoms with Crippen molar-refractivity contribution in [2.24, 2.45) is 5.92 Å². The zero-order chi connectivity index (χ0) is 19.6. The van der Waals surface area contributed by atoms with Crippen LogP contribution in [0.2, 0.25) is 0 Å². The molecule has 27 heavy (non-hydrogen) atoms. The molecule has 0 fully saturated rings. The van der Waals surface area contributed by atoms with Gasteiger partial charge < -0.3 is 14.6 Å². The first-order valence-corrected chi connectivity index (χ1v) is 9.49. The summed E-state index contributed by atoms with van der Waals surface area (Å²) in [7, 11) is 1.29. The van der Waals surface area contributed by atoms with Crippen LogP contribution in [0.1, 0.15) is 29.9 Å². The summed E-state index contributed by atoms with van der Waals surface area (Å²) in [5.41, 5.74) is 1.73. The fourth-order valence-electron chi connectivity index (χ4n) is 2.97. The number of carbonyl (C=O) groups is 2. The van der Waals surface area contributed by atoms with Gasteiger partial charge in [-0.05, 0) is 29.5 Å². The topological polar surface area (TPSA) is 60.3 Å². The normalized spacial score (nSPS) is 12.3. The first-order chi connectivity index (χ1) is 12.9. The van der Waals surface area contributed by atoms with Crippen molar-refractivity contribution in [3.63, 3.8) is 0 Å². The van der Waals surface area contributed by atoms with Crippen molar-refractivity contribution >= 4 is 33.4 Å². The summed E-state index contributed by atoms with van der Waals surface area (Å²) in [5, 5.41) is 4.68. The standard InChI is InChI=1S/C20H21FN2O3S/c1-12(2)18(20(25)26-3)22-19(24)16-10-17-15(8-9-27-17)23(16)11-13-6-4-5-7-14(13)21/h4-10,12,18H,11H2,1-3H3,(H,22,24). The molecule has 1 atom stereocenters. The summed E-state index contributed by atoms with van der Waals surface area (Å²) in [4.78, 5) is 24.9. The highest BCUT2D eigenvalue weighted by Crippen LogP contribution is 2.27. The number of carbonyl (C=O) groups excluding carboxylic acids is 2. The largest absolute Gasteiger partial charge is 0.467 e. The molecule has 0 radical (unpaired) electrons. The second-order valence-electron chi connectivity index (χ2n) is 6.60. The molecule has 0 saturated carbocycles. The number of benzene rings is 1. The number of hydrogen-bond acceptors (Lipinski definition) is 4. The fraction of sp³-hybridized carbons (Fsp3) is 0.300. The minimum Gasteiger partial charge on any atom is -0.467 e. The quantitative estimate of drug-likeness (QED) is 0.653. The van der Waals surface area contributed by atoms with Gasteiger partial charge in [0.25, 0.3) is 5.91 Å². The molecular formula is C20H21FN2O3S. The monoisotopic (exact) mass is 388 g/mol. The van der Waals surface area contributed by atoms with E-state index in [0.29, 0.717) is 11.3 Å². The molecule has 2 heterocycles. The fourth-order valence-corrected chi connectivity index (χ4v) is 3.79. The third-order valence-corrected chi connectivity index (χ3v) is 5.30. The molecule has 5 nitrogen and oxygen atoms in total.